The highest BCUT2D eigenvalue weighted by molar-refractivity contribution is 7.96. The van der Waals surface area contributed by atoms with Crippen LogP contribution in [0.4, 0.5) is 0 Å². The monoisotopic (exact) mass is 381 g/mol. The Morgan fingerprint density at radius 1 is 1.36 bits per heavy atom. The van der Waals surface area contributed by atoms with Crippen molar-refractivity contribution in [1.82, 2.24) is 14.9 Å². The van der Waals surface area contributed by atoms with Crippen LogP contribution in [0, 0.1) is 5.92 Å². The Balaban J connectivity index is 1.70. The van der Waals surface area contributed by atoms with Crippen molar-refractivity contribution in [2.75, 3.05) is 32.4 Å². The van der Waals surface area contributed by atoms with E-state index in [9.17, 15) is 9.59 Å². The lowest BCUT2D eigenvalue weighted by atomic mass is 9.97. The molecule has 2 amide bonds. The first kappa shape index (κ1) is 19.8. The molecule has 0 spiro atoms. The molecule has 1 aliphatic rings. The van der Waals surface area contributed by atoms with Crippen LogP contribution in [0.15, 0.2) is 30.3 Å². The van der Waals surface area contributed by atoms with Gasteiger partial charge in [0.15, 0.2) is 0 Å². The smallest absolute Gasteiger partial charge is 0.244 e. The van der Waals surface area contributed by atoms with E-state index in [0.717, 1.165) is 38.0 Å². The Labute approximate surface area is 158 Å². The Bertz CT molecular complexity index is 616. The normalized spacial score (nSPS) is 15.5. The Kier molecular flexibility index (Phi) is 8.31. The van der Waals surface area contributed by atoms with Gasteiger partial charge in [0.05, 0.1) is 6.54 Å². The summed E-state index contributed by atoms with van der Waals surface area (Å²) in [5, 5.41) is 3.26. The number of nitrogens with zero attached hydrogens (tertiary/aromatic N) is 1. The molecule has 2 rings (SSSR count). The third-order valence-corrected chi connectivity index (χ3v) is 4.86. The number of hydrogen-bond donors (Lipinski definition) is 2. The second-order valence-electron chi connectivity index (χ2n) is 5.98. The second kappa shape index (κ2) is 10.5. The van der Waals surface area contributed by atoms with Crippen molar-refractivity contribution in [3.8, 4) is 0 Å². The van der Waals surface area contributed by atoms with E-state index in [0.29, 0.717) is 10.9 Å². The van der Waals surface area contributed by atoms with E-state index in [-0.39, 0.29) is 18.4 Å². The van der Waals surface area contributed by atoms with Crippen molar-refractivity contribution in [1.29, 1.82) is 0 Å². The number of amides is 2. The van der Waals surface area contributed by atoms with Crippen LogP contribution in [-0.2, 0) is 9.59 Å². The average Bonchev–Trinajstić information content (AvgIpc) is 2.63. The van der Waals surface area contributed by atoms with Crippen LogP contribution in [0.5, 0.6) is 0 Å². The predicted molar refractivity (Wildman–Crippen MR) is 104 cm³/mol. The summed E-state index contributed by atoms with van der Waals surface area (Å²) in [5.74, 6) is 0.305. The lowest BCUT2D eigenvalue weighted by molar-refractivity contribution is -0.133. The van der Waals surface area contributed by atoms with Crippen LogP contribution in [-0.4, -0.2) is 49.1 Å². The minimum absolute atomic E-state index is 0.0271. The first-order chi connectivity index (χ1) is 12.1. The largest absolute Gasteiger partial charge is 0.343 e. The van der Waals surface area contributed by atoms with Gasteiger partial charge in [-0.1, -0.05) is 35.7 Å². The van der Waals surface area contributed by atoms with Gasteiger partial charge in [-0.15, -0.1) is 0 Å². The van der Waals surface area contributed by atoms with Gasteiger partial charge in [0, 0.05) is 30.7 Å². The van der Waals surface area contributed by atoms with Crippen molar-refractivity contribution >= 4 is 41.4 Å². The number of benzene rings is 1. The van der Waals surface area contributed by atoms with Crippen LogP contribution < -0.4 is 10.0 Å². The van der Waals surface area contributed by atoms with Gasteiger partial charge in [0.2, 0.25) is 11.8 Å². The maximum Gasteiger partial charge on any atom is 0.244 e. The summed E-state index contributed by atoms with van der Waals surface area (Å²) in [6.07, 6.45) is 7.11. The van der Waals surface area contributed by atoms with Crippen LogP contribution in [0.1, 0.15) is 18.4 Å². The number of halogens is 1. The van der Waals surface area contributed by atoms with Crippen molar-refractivity contribution < 1.29 is 9.59 Å². The average molecular weight is 382 g/mol. The SMILES string of the molecule is CSNCC1CCN(C(=O)CNC(=O)/C=C/c2cccc(Cl)c2)CC1. The van der Waals surface area contributed by atoms with Crippen molar-refractivity contribution in [2.24, 2.45) is 5.92 Å². The van der Waals surface area contributed by atoms with Gasteiger partial charge < -0.3 is 10.2 Å². The summed E-state index contributed by atoms with van der Waals surface area (Å²) in [4.78, 5) is 25.9. The molecule has 0 bridgehead atoms. The minimum atomic E-state index is -0.285. The highest BCUT2D eigenvalue weighted by Gasteiger charge is 2.22. The fourth-order valence-corrected chi connectivity index (χ4v) is 3.30. The van der Waals surface area contributed by atoms with Gasteiger partial charge in [0.1, 0.15) is 0 Å². The summed E-state index contributed by atoms with van der Waals surface area (Å²) in [7, 11) is 0. The van der Waals surface area contributed by atoms with Crippen molar-refractivity contribution in [3.63, 3.8) is 0 Å². The second-order valence-corrected chi connectivity index (χ2v) is 7.12. The van der Waals surface area contributed by atoms with Crippen molar-refractivity contribution in [3.05, 3.63) is 40.9 Å². The fourth-order valence-electron chi connectivity index (χ4n) is 2.70. The van der Waals surface area contributed by atoms with E-state index in [1.807, 2.05) is 23.3 Å². The van der Waals surface area contributed by atoms with Gasteiger partial charge >= 0.3 is 0 Å². The highest BCUT2D eigenvalue weighted by Crippen LogP contribution is 2.17. The number of hydrogen-bond acceptors (Lipinski definition) is 4. The van der Waals surface area contributed by atoms with Gasteiger partial charge in [-0.2, -0.15) is 0 Å². The molecule has 0 saturated carbocycles. The molecule has 0 unspecified atom stereocenters. The fraction of sp³-hybridized carbons (Fsp3) is 0.444. The first-order valence-corrected chi connectivity index (χ1v) is 9.94. The maximum absolute atomic E-state index is 12.2. The number of carbonyl (C=O) groups excluding carboxylic acids is 2. The third-order valence-electron chi connectivity index (χ3n) is 4.17. The molecule has 25 heavy (non-hydrogen) atoms. The quantitative estimate of drug-likeness (QED) is 0.563. The van der Waals surface area contributed by atoms with E-state index in [4.69, 9.17) is 11.6 Å². The molecule has 1 saturated heterocycles. The van der Waals surface area contributed by atoms with Gasteiger partial charge in [0.25, 0.3) is 0 Å². The summed E-state index contributed by atoms with van der Waals surface area (Å²) < 4.78 is 3.27. The molecule has 7 heteroatoms. The standard InChI is InChI=1S/C18H24ClN3O2S/c1-25-21-12-15-7-9-22(10-8-15)18(24)13-20-17(23)6-5-14-3-2-4-16(19)11-14/h2-6,11,15,21H,7-10,12-13H2,1H3,(H,20,23)/b6-5+. The molecule has 1 fully saturated rings. The molecule has 1 heterocycles. The molecule has 1 aromatic carbocycles. The summed E-state index contributed by atoms with van der Waals surface area (Å²) in [6, 6.07) is 7.23. The molecule has 0 atom stereocenters. The molecule has 0 radical (unpaired) electrons. The Hall–Kier alpha value is -1.50. The zero-order valence-corrected chi connectivity index (χ0v) is 15.9. The summed E-state index contributed by atoms with van der Waals surface area (Å²) in [5.41, 5.74) is 0.843. The molecule has 0 aliphatic carbocycles. The molecule has 2 N–H and O–H groups in total. The zero-order chi connectivity index (χ0) is 18.1. The topological polar surface area (TPSA) is 61.4 Å². The van der Waals surface area contributed by atoms with E-state index in [1.165, 1.54) is 6.08 Å². The zero-order valence-electron chi connectivity index (χ0n) is 14.3. The lowest BCUT2D eigenvalue weighted by Crippen LogP contribution is -2.44. The van der Waals surface area contributed by atoms with E-state index in [1.54, 1.807) is 30.2 Å². The number of nitrogens with one attached hydrogen (secondary N) is 2. The van der Waals surface area contributed by atoms with Crippen LogP contribution >= 0.6 is 23.5 Å². The molecular formula is C18H24ClN3O2S. The molecule has 1 aliphatic heterocycles. The predicted octanol–water partition coefficient (Wildman–Crippen LogP) is 2.58. The number of likely N-dealkylation sites (tertiary alicyclic amines) is 1. The van der Waals surface area contributed by atoms with E-state index in [2.05, 4.69) is 10.0 Å². The molecule has 0 aromatic heterocycles. The Morgan fingerprint density at radius 2 is 2.12 bits per heavy atom. The van der Waals surface area contributed by atoms with Crippen LogP contribution in [0.3, 0.4) is 0 Å². The molecular weight excluding hydrogens is 358 g/mol. The number of carbonyl (C=O) groups is 2. The minimum Gasteiger partial charge on any atom is -0.343 e. The molecule has 1 aromatic rings. The highest BCUT2D eigenvalue weighted by atomic mass is 35.5. The van der Waals surface area contributed by atoms with E-state index >= 15 is 0 Å². The van der Waals surface area contributed by atoms with Crippen LogP contribution in [0.2, 0.25) is 5.02 Å². The maximum atomic E-state index is 12.2. The number of rotatable bonds is 7. The lowest BCUT2D eigenvalue weighted by Gasteiger charge is -2.32. The third kappa shape index (κ3) is 7.10. The molecule has 5 nitrogen and oxygen atoms in total. The van der Waals surface area contributed by atoms with Gasteiger partial charge in [-0.3, -0.25) is 14.3 Å². The van der Waals surface area contributed by atoms with Gasteiger partial charge in [-0.25, -0.2) is 0 Å². The van der Waals surface area contributed by atoms with Crippen LogP contribution in [0.25, 0.3) is 6.08 Å². The molecule has 136 valence electrons. The van der Waals surface area contributed by atoms with Gasteiger partial charge in [-0.05, 0) is 48.8 Å². The van der Waals surface area contributed by atoms with Crippen molar-refractivity contribution in [2.45, 2.75) is 12.8 Å². The van der Waals surface area contributed by atoms with E-state index < -0.39 is 0 Å². The first-order valence-electron chi connectivity index (χ1n) is 8.33. The summed E-state index contributed by atoms with van der Waals surface area (Å²) >= 11 is 7.52. The summed E-state index contributed by atoms with van der Waals surface area (Å²) in [6.45, 7) is 2.53. The Morgan fingerprint density at radius 3 is 2.80 bits per heavy atom. The number of piperidine rings is 1.